The van der Waals surface area contributed by atoms with Crippen LogP contribution in [0, 0.1) is 23.7 Å². The molecule has 5 aliphatic rings. The minimum absolute atomic E-state index is 0.0126. The summed E-state index contributed by atoms with van der Waals surface area (Å²) in [6.45, 7) is 0.140. The average Bonchev–Trinajstić information content (AvgIpc) is 3.38. The Morgan fingerprint density at radius 1 is 1.14 bits per heavy atom. The van der Waals surface area contributed by atoms with Crippen LogP contribution in [0.5, 0.6) is 0 Å². The van der Waals surface area contributed by atoms with Crippen LogP contribution >= 0.6 is 0 Å². The molecule has 1 saturated heterocycles. The SMILES string of the molecule is NC1CCCC(CS(=O)(=O)N2CC=C(C3CCC4CC(O)C(N5CC(=O)NS5(=O)=O)C(F)C4C3)C2)C1. The van der Waals surface area contributed by atoms with Crippen molar-refractivity contribution in [3.8, 4) is 0 Å². The van der Waals surface area contributed by atoms with E-state index >= 15 is 4.39 Å². The first-order valence-corrected chi connectivity index (χ1v) is 16.1. The number of alkyl halides is 1. The van der Waals surface area contributed by atoms with E-state index in [4.69, 9.17) is 5.73 Å². The maximum Gasteiger partial charge on any atom is 0.304 e. The van der Waals surface area contributed by atoms with Gasteiger partial charge in [0.05, 0.1) is 24.4 Å². The summed E-state index contributed by atoms with van der Waals surface area (Å²) >= 11 is 0. The summed E-state index contributed by atoms with van der Waals surface area (Å²) in [5.74, 6) is -1.06. The summed E-state index contributed by atoms with van der Waals surface area (Å²) in [6.07, 6.45) is 4.90. The van der Waals surface area contributed by atoms with Crippen molar-refractivity contribution >= 4 is 26.1 Å². The van der Waals surface area contributed by atoms with Gasteiger partial charge in [-0.25, -0.2) is 17.5 Å². The van der Waals surface area contributed by atoms with E-state index in [1.165, 1.54) is 4.31 Å². The molecule has 36 heavy (non-hydrogen) atoms. The molecule has 0 spiro atoms. The molecule has 5 rings (SSSR count). The minimum Gasteiger partial charge on any atom is -0.391 e. The average molecular weight is 549 g/mol. The van der Waals surface area contributed by atoms with Gasteiger partial charge >= 0.3 is 10.2 Å². The van der Waals surface area contributed by atoms with Crippen LogP contribution in [-0.4, -0.2) is 86.2 Å². The fourth-order valence-corrected chi connectivity index (χ4v) is 10.3. The Balaban J connectivity index is 1.23. The maximum atomic E-state index is 15.8. The Morgan fingerprint density at radius 3 is 2.61 bits per heavy atom. The molecule has 4 N–H and O–H groups in total. The number of hydrogen-bond acceptors (Lipinski definition) is 7. The standard InChI is InChI=1S/C23H37FN4O6S2/c24-22-19-9-15(4-5-16(19)10-20(29)23(22)28-12-21(30)26-36(28,33)34)17-6-7-27(11-17)35(31,32)13-14-2-1-3-18(25)8-14/h6,14-16,18-20,22-23,29H,1-5,7-13,25H2,(H,26,30). The number of amides is 1. The van der Waals surface area contributed by atoms with Gasteiger partial charge in [-0.15, -0.1) is 0 Å². The van der Waals surface area contributed by atoms with Crippen LogP contribution in [0.15, 0.2) is 11.6 Å². The molecule has 0 radical (unpaired) electrons. The van der Waals surface area contributed by atoms with E-state index in [1.54, 1.807) is 0 Å². The molecular formula is C23H37FN4O6S2. The Labute approximate surface area is 212 Å². The molecule has 2 aliphatic heterocycles. The number of nitrogens with two attached hydrogens (primary N) is 1. The second kappa shape index (κ2) is 9.88. The molecule has 3 saturated carbocycles. The van der Waals surface area contributed by atoms with Gasteiger partial charge in [0, 0.05) is 19.1 Å². The topological polar surface area (TPSA) is 150 Å². The summed E-state index contributed by atoms with van der Waals surface area (Å²) < 4.78 is 70.8. The number of hydrogen-bond donors (Lipinski definition) is 3. The van der Waals surface area contributed by atoms with E-state index in [2.05, 4.69) is 0 Å². The highest BCUT2D eigenvalue weighted by molar-refractivity contribution is 7.89. The second-order valence-corrected chi connectivity index (χ2v) is 15.0. The molecule has 1 amide bonds. The smallest absolute Gasteiger partial charge is 0.304 e. The fourth-order valence-electron chi connectivity index (χ4n) is 7.23. The van der Waals surface area contributed by atoms with E-state index in [1.807, 2.05) is 10.8 Å². The molecule has 0 aromatic heterocycles. The molecule has 8 atom stereocenters. The lowest BCUT2D eigenvalue weighted by atomic mass is 9.63. The lowest BCUT2D eigenvalue weighted by molar-refractivity contribution is -0.119. The van der Waals surface area contributed by atoms with Crippen LogP contribution in [0.4, 0.5) is 4.39 Å². The van der Waals surface area contributed by atoms with Gasteiger partial charge in [0.25, 0.3) is 0 Å². The number of nitrogens with one attached hydrogen (secondary N) is 1. The van der Waals surface area contributed by atoms with Gasteiger partial charge in [-0.05, 0) is 68.6 Å². The van der Waals surface area contributed by atoms with E-state index in [0.717, 1.165) is 42.0 Å². The quantitative estimate of drug-likeness (QED) is 0.417. The lowest BCUT2D eigenvalue weighted by Gasteiger charge is -2.48. The Morgan fingerprint density at radius 2 is 1.92 bits per heavy atom. The number of halogens is 1. The largest absolute Gasteiger partial charge is 0.391 e. The Kier molecular flexibility index (Phi) is 7.27. The summed E-state index contributed by atoms with van der Waals surface area (Å²) in [5, 5.41) is 10.6. The van der Waals surface area contributed by atoms with Gasteiger partial charge in [-0.2, -0.15) is 17.0 Å². The van der Waals surface area contributed by atoms with Gasteiger partial charge in [0.1, 0.15) is 6.17 Å². The van der Waals surface area contributed by atoms with Crippen molar-refractivity contribution in [1.82, 2.24) is 13.3 Å². The molecular weight excluding hydrogens is 511 g/mol. The number of sulfonamides is 1. The van der Waals surface area contributed by atoms with Crippen molar-refractivity contribution < 1.29 is 31.1 Å². The summed E-state index contributed by atoms with van der Waals surface area (Å²) in [6, 6.07) is -1.23. The van der Waals surface area contributed by atoms with Gasteiger partial charge in [0.15, 0.2) is 0 Å². The summed E-state index contributed by atoms with van der Waals surface area (Å²) in [7, 11) is -7.59. The summed E-state index contributed by atoms with van der Waals surface area (Å²) in [5.41, 5.74) is 7.04. The van der Waals surface area contributed by atoms with E-state index in [-0.39, 0.29) is 36.0 Å². The molecule has 4 fully saturated rings. The normalized spacial score (nSPS) is 42.1. The van der Waals surface area contributed by atoms with Crippen LogP contribution in [0.25, 0.3) is 0 Å². The molecule has 2 heterocycles. The van der Waals surface area contributed by atoms with Crippen LogP contribution < -0.4 is 10.5 Å². The molecule has 204 valence electrons. The predicted molar refractivity (Wildman–Crippen MR) is 131 cm³/mol. The maximum absolute atomic E-state index is 15.8. The van der Waals surface area contributed by atoms with Crippen molar-refractivity contribution in [2.45, 2.75) is 75.7 Å². The van der Waals surface area contributed by atoms with Gasteiger partial charge in [-0.3, -0.25) is 4.79 Å². The zero-order valence-electron chi connectivity index (χ0n) is 20.3. The minimum atomic E-state index is -4.17. The highest BCUT2D eigenvalue weighted by atomic mass is 32.2. The third kappa shape index (κ3) is 5.11. The lowest BCUT2D eigenvalue weighted by Crippen LogP contribution is -2.58. The van der Waals surface area contributed by atoms with E-state index < -0.39 is 56.9 Å². The molecule has 8 unspecified atom stereocenters. The van der Waals surface area contributed by atoms with Crippen molar-refractivity contribution in [1.29, 1.82) is 0 Å². The monoisotopic (exact) mass is 548 g/mol. The van der Waals surface area contributed by atoms with Crippen LogP contribution in [-0.2, 0) is 25.0 Å². The third-order valence-electron chi connectivity index (χ3n) is 9.01. The van der Waals surface area contributed by atoms with Crippen LogP contribution in [0.1, 0.15) is 51.4 Å². The van der Waals surface area contributed by atoms with Gasteiger partial charge in [-0.1, -0.05) is 18.1 Å². The number of fused-ring (bicyclic) bond motifs is 1. The number of rotatable bonds is 5. The van der Waals surface area contributed by atoms with Crippen molar-refractivity contribution in [2.24, 2.45) is 29.4 Å². The number of carbonyl (C=O) groups is 1. The highest BCUT2D eigenvalue weighted by Crippen LogP contribution is 2.48. The van der Waals surface area contributed by atoms with Crippen LogP contribution in [0.2, 0.25) is 0 Å². The number of aliphatic hydroxyl groups excluding tert-OH is 1. The fraction of sp³-hybridized carbons (Fsp3) is 0.870. The third-order valence-corrected chi connectivity index (χ3v) is 12.4. The summed E-state index contributed by atoms with van der Waals surface area (Å²) in [4.78, 5) is 11.7. The van der Waals surface area contributed by atoms with Crippen molar-refractivity contribution in [3.05, 3.63) is 11.6 Å². The number of carbonyl (C=O) groups excluding carboxylic acids is 1. The number of aliphatic hydroxyl groups is 1. The molecule has 0 aromatic rings. The van der Waals surface area contributed by atoms with Crippen molar-refractivity contribution in [2.75, 3.05) is 25.4 Å². The molecule has 3 aliphatic carbocycles. The molecule has 0 aromatic carbocycles. The zero-order valence-corrected chi connectivity index (χ0v) is 22.0. The molecule has 10 nitrogen and oxygen atoms in total. The first-order valence-electron chi connectivity index (χ1n) is 13.0. The first-order chi connectivity index (χ1) is 16.9. The number of nitrogens with zero attached hydrogens (tertiary/aromatic N) is 2. The predicted octanol–water partition coefficient (Wildman–Crippen LogP) is 0.256. The molecule has 0 bridgehead atoms. The first kappa shape index (κ1) is 26.5. The van der Waals surface area contributed by atoms with E-state index in [0.29, 0.717) is 25.9 Å². The van der Waals surface area contributed by atoms with Crippen molar-refractivity contribution in [3.63, 3.8) is 0 Å². The highest BCUT2D eigenvalue weighted by Gasteiger charge is 2.54. The van der Waals surface area contributed by atoms with Crippen LogP contribution in [0.3, 0.4) is 0 Å². The Hall–Kier alpha value is -1.12. The second-order valence-electron chi connectivity index (χ2n) is 11.4. The molecule has 13 heteroatoms. The zero-order chi connectivity index (χ0) is 25.8. The van der Waals surface area contributed by atoms with Gasteiger partial charge < -0.3 is 10.8 Å². The van der Waals surface area contributed by atoms with Gasteiger partial charge in [0.2, 0.25) is 15.9 Å². The Bertz CT molecular complexity index is 1120. The van der Waals surface area contributed by atoms with E-state index in [9.17, 15) is 26.7 Å².